The molecule has 1 rings (SSSR count). The van der Waals surface area contributed by atoms with Gasteiger partial charge in [0.2, 0.25) is 11.8 Å². The van der Waals surface area contributed by atoms with E-state index in [1.54, 1.807) is 0 Å². The lowest BCUT2D eigenvalue weighted by Crippen LogP contribution is -2.48. The quantitative estimate of drug-likeness (QED) is 0.0703. The first-order valence-electron chi connectivity index (χ1n) is 17.2. The largest absolute Gasteiger partial charge is 0.354 e. The van der Waals surface area contributed by atoms with E-state index in [0.717, 1.165) is 37.8 Å². The van der Waals surface area contributed by atoms with Gasteiger partial charge >= 0.3 is 0 Å². The summed E-state index contributed by atoms with van der Waals surface area (Å²) in [7, 11) is 0. The molecule has 42 heavy (non-hydrogen) atoms. The van der Waals surface area contributed by atoms with Gasteiger partial charge in [-0.15, -0.1) is 12.4 Å². The normalized spacial score (nSPS) is 11.6. The Hall–Kier alpha value is -1.63. The van der Waals surface area contributed by atoms with Crippen molar-refractivity contribution in [3.8, 4) is 0 Å². The van der Waals surface area contributed by atoms with E-state index < -0.39 is 6.04 Å². The van der Waals surface area contributed by atoms with Gasteiger partial charge in [0.05, 0.1) is 0 Å². The van der Waals surface area contributed by atoms with Gasteiger partial charge in [0.1, 0.15) is 6.04 Å². The van der Waals surface area contributed by atoms with Crippen molar-refractivity contribution in [2.75, 3.05) is 26.2 Å². The number of nitrogens with two attached hydrogens (primary N) is 1. The van der Waals surface area contributed by atoms with E-state index in [9.17, 15) is 9.59 Å². The molecule has 0 aliphatic carbocycles. The van der Waals surface area contributed by atoms with Gasteiger partial charge in [-0.2, -0.15) is 0 Å². The van der Waals surface area contributed by atoms with Gasteiger partial charge in [-0.1, -0.05) is 140 Å². The number of unbranched alkanes of at least 4 members (excludes halogenated alkanes) is 17. The third-order valence-corrected chi connectivity index (χ3v) is 7.85. The fourth-order valence-corrected chi connectivity index (χ4v) is 5.23. The van der Waals surface area contributed by atoms with Crippen molar-refractivity contribution in [3.05, 3.63) is 35.9 Å². The van der Waals surface area contributed by atoms with Crippen LogP contribution < -0.4 is 21.7 Å². The van der Waals surface area contributed by atoms with E-state index in [4.69, 9.17) is 5.73 Å². The highest BCUT2D eigenvalue weighted by Gasteiger charge is 2.20. The minimum Gasteiger partial charge on any atom is -0.354 e. The van der Waals surface area contributed by atoms with Gasteiger partial charge in [0.25, 0.3) is 0 Å². The standard InChI is InChI=1S/C35H64N4O2.ClH/c1-2-3-4-5-6-7-8-9-10-11-12-13-14-15-16-22-28-37-30-26-34(40)39-33(31-32-24-19-17-20-25-32)35(41)38-29-23-18-21-27-36;/h17,19-20,24-25,33,37H,2-16,18,21-23,26-31,36H2,1H3,(H,38,41)(H,39,40);1H/t33-;/m0./s1. The molecule has 5 N–H and O–H groups in total. The lowest BCUT2D eigenvalue weighted by molar-refractivity contribution is -0.128. The predicted molar refractivity (Wildman–Crippen MR) is 182 cm³/mol. The number of benzene rings is 1. The molecule has 0 radical (unpaired) electrons. The molecule has 2 amide bonds. The molecule has 0 unspecified atom stereocenters. The third kappa shape index (κ3) is 24.9. The van der Waals surface area contributed by atoms with Gasteiger partial charge < -0.3 is 21.7 Å². The Morgan fingerprint density at radius 2 is 1.17 bits per heavy atom. The summed E-state index contributed by atoms with van der Waals surface area (Å²) < 4.78 is 0. The van der Waals surface area contributed by atoms with Gasteiger partial charge in [-0.25, -0.2) is 0 Å². The molecule has 0 saturated heterocycles. The molecule has 244 valence electrons. The maximum absolute atomic E-state index is 12.8. The van der Waals surface area contributed by atoms with Crippen LogP contribution in [0.3, 0.4) is 0 Å². The fourth-order valence-electron chi connectivity index (χ4n) is 5.23. The molecule has 0 bridgehead atoms. The Morgan fingerprint density at radius 1 is 0.667 bits per heavy atom. The van der Waals surface area contributed by atoms with E-state index in [1.807, 2.05) is 30.3 Å². The molecule has 0 saturated carbocycles. The van der Waals surface area contributed by atoms with Crippen molar-refractivity contribution in [1.82, 2.24) is 16.0 Å². The second-order valence-electron chi connectivity index (χ2n) is 11.8. The zero-order valence-corrected chi connectivity index (χ0v) is 27.8. The van der Waals surface area contributed by atoms with Crippen LogP contribution in [-0.4, -0.2) is 44.0 Å². The van der Waals surface area contributed by atoms with Gasteiger partial charge in [0, 0.05) is 25.9 Å². The molecule has 1 atom stereocenters. The van der Waals surface area contributed by atoms with Crippen LogP contribution in [0.4, 0.5) is 0 Å². The molecule has 0 aliphatic heterocycles. The number of amides is 2. The van der Waals surface area contributed by atoms with Crippen LogP contribution in [0.5, 0.6) is 0 Å². The highest BCUT2D eigenvalue weighted by Crippen LogP contribution is 2.13. The number of halogens is 1. The van der Waals surface area contributed by atoms with Crippen LogP contribution >= 0.6 is 12.4 Å². The first kappa shape index (κ1) is 40.4. The molecule has 0 heterocycles. The Bertz CT molecular complexity index is 735. The van der Waals surface area contributed by atoms with Gasteiger partial charge in [0.15, 0.2) is 0 Å². The third-order valence-electron chi connectivity index (χ3n) is 7.85. The molecule has 0 aromatic heterocycles. The zero-order valence-electron chi connectivity index (χ0n) is 26.9. The van der Waals surface area contributed by atoms with Crippen molar-refractivity contribution in [3.63, 3.8) is 0 Å². The molecule has 1 aromatic carbocycles. The molecule has 0 spiro atoms. The SMILES string of the molecule is CCCCCCCCCCCCCCCCCCNCCC(=O)N[C@@H](Cc1ccccc1)C(=O)NCCCCCN.Cl. The average molecular weight is 609 g/mol. The molecule has 1 aromatic rings. The summed E-state index contributed by atoms with van der Waals surface area (Å²) in [5.74, 6) is -0.195. The number of hydrogen-bond donors (Lipinski definition) is 4. The zero-order chi connectivity index (χ0) is 29.6. The molecule has 0 fully saturated rings. The predicted octanol–water partition coefficient (Wildman–Crippen LogP) is 7.62. The van der Waals surface area contributed by atoms with Gasteiger partial charge in [-0.3, -0.25) is 9.59 Å². The van der Waals surface area contributed by atoms with E-state index in [-0.39, 0.29) is 24.2 Å². The van der Waals surface area contributed by atoms with Crippen molar-refractivity contribution in [1.29, 1.82) is 0 Å². The fraction of sp³-hybridized carbons (Fsp3) is 0.771. The van der Waals surface area contributed by atoms with Crippen molar-refractivity contribution < 1.29 is 9.59 Å². The Labute approximate surface area is 264 Å². The maximum Gasteiger partial charge on any atom is 0.242 e. The molecular weight excluding hydrogens is 544 g/mol. The van der Waals surface area contributed by atoms with Crippen molar-refractivity contribution in [2.45, 2.75) is 148 Å². The second-order valence-corrected chi connectivity index (χ2v) is 11.8. The number of rotatable bonds is 29. The van der Waals surface area contributed by atoms with Crippen LogP contribution in [-0.2, 0) is 16.0 Å². The summed E-state index contributed by atoms with van der Waals surface area (Å²) in [5, 5.41) is 9.35. The van der Waals surface area contributed by atoms with E-state index >= 15 is 0 Å². The number of carbonyl (C=O) groups is 2. The van der Waals surface area contributed by atoms with Crippen LogP contribution in [0, 0.1) is 0 Å². The smallest absolute Gasteiger partial charge is 0.242 e. The lowest BCUT2D eigenvalue weighted by atomic mass is 10.0. The summed E-state index contributed by atoms with van der Waals surface area (Å²) >= 11 is 0. The maximum atomic E-state index is 12.8. The Balaban J connectivity index is 0.0000168. The Morgan fingerprint density at radius 3 is 1.71 bits per heavy atom. The monoisotopic (exact) mass is 608 g/mol. The first-order valence-corrected chi connectivity index (χ1v) is 17.2. The van der Waals surface area contributed by atoms with Crippen molar-refractivity contribution >= 4 is 24.2 Å². The molecule has 6 nitrogen and oxygen atoms in total. The number of hydrogen-bond acceptors (Lipinski definition) is 4. The Kier molecular flexibility index (Phi) is 29.6. The molecule has 7 heteroatoms. The summed E-state index contributed by atoms with van der Waals surface area (Å²) in [6.07, 6.45) is 25.7. The van der Waals surface area contributed by atoms with Crippen LogP contribution in [0.2, 0.25) is 0 Å². The summed E-state index contributed by atoms with van der Waals surface area (Å²) in [6.45, 7) is 5.16. The van der Waals surface area contributed by atoms with Crippen molar-refractivity contribution in [2.24, 2.45) is 5.73 Å². The summed E-state index contributed by atoms with van der Waals surface area (Å²) in [4.78, 5) is 25.4. The lowest BCUT2D eigenvalue weighted by Gasteiger charge is -2.19. The second kappa shape index (κ2) is 30.8. The van der Waals surface area contributed by atoms with E-state index in [2.05, 4.69) is 22.9 Å². The van der Waals surface area contributed by atoms with Crippen LogP contribution in [0.15, 0.2) is 30.3 Å². The first-order chi connectivity index (χ1) is 20.2. The van der Waals surface area contributed by atoms with E-state index in [1.165, 1.54) is 96.3 Å². The summed E-state index contributed by atoms with van der Waals surface area (Å²) in [6, 6.07) is 9.31. The highest BCUT2D eigenvalue weighted by atomic mass is 35.5. The number of nitrogens with one attached hydrogen (secondary N) is 3. The summed E-state index contributed by atoms with van der Waals surface area (Å²) in [5.41, 5.74) is 6.59. The molecular formula is C35H65ClN4O2. The van der Waals surface area contributed by atoms with Crippen LogP contribution in [0.25, 0.3) is 0 Å². The number of carbonyl (C=O) groups excluding carboxylic acids is 2. The average Bonchev–Trinajstić information content (AvgIpc) is 2.98. The minimum atomic E-state index is -0.556. The minimum absolute atomic E-state index is 0. The molecule has 0 aliphatic rings. The van der Waals surface area contributed by atoms with Gasteiger partial charge in [-0.05, 0) is 37.9 Å². The van der Waals surface area contributed by atoms with Crippen LogP contribution in [0.1, 0.15) is 141 Å². The topological polar surface area (TPSA) is 96.2 Å². The van der Waals surface area contributed by atoms with E-state index in [0.29, 0.717) is 32.5 Å². The highest BCUT2D eigenvalue weighted by molar-refractivity contribution is 5.87.